The molecule has 140 valence electrons. The number of rotatable bonds is 8. The Morgan fingerprint density at radius 3 is 2.22 bits per heavy atom. The lowest BCUT2D eigenvalue weighted by molar-refractivity contribution is -0.116. The second-order valence-electron chi connectivity index (χ2n) is 6.33. The molecule has 27 heavy (non-hydrogen) atoms. The van der Waals surface area contributed by atoms with E-state index in [0.717, 1.165) is 23.5 Å². The number of anilines is 1. The van der Waals surface area contributed by atoms with Crippen LogP contribution in [0.25, 0.3) is 0 Å². The Kier molecular flexibility index (Phi) is 5.86. The van der Waals surface area contributed by atoms with Crippen LogP contribution in [0.1, 0.15) is 46.9 Å². The van der Waals surface area contributed by atoms with Gasteiger partial charge in [-0.25, -0.2) is 0 Å². The van der Waals surface area contributed by atoms with E-state index in [-0.39, 0.29) is 30.7 Å². The number of hydrogen-bond donors (Lipinski definition) is 1. The van der Waals surface area contributed by atoms with E-state index in [9.17, 15) is 14.4 Å². The molecule has 0 atom stereocenters. The topological polar surface area (TPSA) is 75.7 Å². The number of nitrogens with one attached hydrogen (secondary N) is 1. The van der Waals surface area contributed by atoms with Crippen molar-refractivity contribution >= 4 is 23.4 Å². The number of hydrogen-bond acceptors (Lipinski definition) is 4. The second-order valence-corrected chi connectivity index (χ2v) is 6.33. The minimum Gasteiger partial charge on any atom is -0.494 e. The molecule has 2 aromatic carbocycles. The maximum Gasteiger partial charge on any atom is 0.261 e. The fraction of sp³-hybridized carbons (Fsp3) is 0.286. The predicted molar refractivity (Wildman–Crippen MR) is 102 cm³/mol. The van der Waals surface area contributed by atoms with Crippen LogP contribution in [0.15, 0.2) is 48.5 Å². The molecule has 0 saturated carbocycles. The number of benzene rings is 2. The molecule has 2 aromatic rings. The maximum atomic E-state index is 12.3. The molecule has 1 heterocycles. The number of carbonyl (C=O) groups is 3. The molecule has 0 aliphatic carbocycles. The van der Waals surface area contributed by atoms with Crippen molar-refractivity contribution in [1.29, 1.82) is 0 Å². The summed E-state index contributed by atoms with van der Waals surface area (Å²) in [6, 6.07) is 13.8. The highest BCUT2D eigenvalue weighted by atomic mass is 16.5. The van der Waals surface area contributed by atoms with Gasteiger partial charge in [-0.05, 0) is 42.8 Å². The lowest BCUT2D eigenvalue weighted by Gasteiger charge is -2.13. The average Bonchev–Trinajstić information content (AvgIpc) is 2.92. The van der Waals surface area contributed by atoms with Gasteiger partial charge in [-0.1, -0.05) is 25.5 Å². The second kappa shape index (κ2) is 8.49. The van der Waals surface area contributed by atoms with E-state index < -0.39 is 0 Å². The molecule has 0 aromatic heterocycles. The zero-order valence-corrected chi connectivity index (χ0v) is 15.2. The van der Waals surface area contributed by atoms with Gasteiger partial charge in [-0.3, -0.25) is 19.3 Å². The summed E-state index contributed by atoms with van der Waals surface area (Å²) in [4.78, 5) is 37.8. The molecule has 3 amide bonds. The molecular formula is C21H22N2O4. The molecule has 1 N–H and O–H groups in total. The number of carbonyl (C=O) groups excluding carboxylic acids is 3. The van der Waals surface area contributed by atoms with Crippen molar-refractivity contribution in [3.63, 3.8) is 0 Å². The van der Waals surface area contributed by atoms with Gasteiger partial charge >= 0.3 is 0 Å². The maximum absolute atomic E-state index is 12.3. The van der Waals surface area contributed by atoms with Crippen LogP contribution in [0.2, 0.25) is 0 Å². The van der Waals surface area contributed by atoms with E-state index in [2.05, 4.69) is 12.2 Å². The Balaban J connectivity index is 1.50. The van der Waals surface area contributed by atoms with Gasteiger partial charge in [0, 0.05) is 18.7 Å². The Labute approximate surface area is 158 Å². The number of imide groups is 1. The fourth-order valence-electron chi connectivity index (χ4n) is 2.85. The Bertz CT molecular complexity index is 811. The number of amides is 3. The fourth-order valence-corrected chi connectivity index (χ4v) is 2.85. The minimum absolute atomic E-state index is 0.0419. The number of unbranched alkanes of at least 4 members (excludes halogenated alkanes) is 1. The Morgan fingerprint density at radius 2 is 1.63 bits per heavy atom. The molecule has 0 spiro atoms. The molecule has 3 rings (SSSR count). The standard InChI is InChI=1S/C21H22N2O4/c1-2-3-14-27-16-10-8-15(9-11-16)22-19(24)12-13-23-20(25)17-6-4-5-7-18(17)21(23)26/h4-11H,2-3,12-14H2,1H3,(H,22,24). The van der Waals surface area contributed by atoms with Gasteiger partial charge in [0.1, 0.15) is 5.75 Å². The number of fused-ring (bicyclic) bond motifs is 1. The molecule has 0 radical (unpaired) electrons. The molecule has 1 aliphatic rings. The summed E-state index contributed by atoms with van der Waals surface area (Å²) in [5, 5.41) is 2.77. The van der Waals surface area contributed by atoms with Crippen molar-refractivity contribution in [2.75, 3.05) is 18.5 Å². The first-order chi connectivity index (χ1) is 13.1. The summed E-state index contributed by atoms with van der Waals surface area (Å²) in [6.45, 7) is 2.82. The highest BCUT2D eigenvalue weighted by Gasteiger charge is 2.34. The Hall–Kier alpha value is -3.15. The highest BCUT2D eigenvalue weighted by molar-refractivity contribution is 6.21. The first kappa shape index (κ1) is 18.6. The van der Waals surface area contributed by atoms with Crippen LogP contribution in [0.4, 0.5) is 5.69 Å². The van der Waals surface area contributed by atoms with Gasteiger partial charge in [0.2, 0.25) is 5.91 Å². The molecule has 6 heteroatoms. The van der Waals surface area contributed by atoms with E-state index in [0.29, 0.717) is 23.4 Å². The molecule has 6 nitrogen and oxygen atoms in total. The quantitative estimate of drug-likeness (QED) is 0.573. The van der Waals surface area contributed by atoms with Crippen molar-refractivity contribution in [2.45, 2.75) is 26.2 Å². The van der Waals surface area contributed by atoms with Crippen LogP contribution in [0.5, 0.6) is 5.75 Å². The van der Waals surface area contributed by atoms with Gasteiger partial charge < -0.3 is 10.1 Å². The molecule has 0 fully saturated rings. The molecule has 0 bridgehead atoms. The third kappa shape index (κ3) is 4.34. The third-order valence-corrected chi connectivity index (χ3v) is 4.35. The van der Waals surface area contributed by atoms with E-state index in [4.69, 9.17) is 4.74 Å². The highest BCUT2D eigenvalue weighted by Crippen LogP contribution is 2.22. The normalized spacial score (nSPS) is 12.9. The minimum atomic E-state index is -0.350. The molecule has 0 unspecified atom stereocenters. The average molecular weight is 366 g/mol. The van der Waals surface area contributed by atoms with Gasteiger partial charge in [-0.15, -0.1) is 0 Å². The Morgan fingerprint density at radius 1 is 1.00 bits per heavy atom. The van der Waals surface area contributed by atoms with E-state index in [1.165, 1.54) is 0 Å². The summed E-state index contributed by atoms with van der Waals surface area (Å²) < 4.78 is 5.58. The van der Waals surface area contributed by atoms with E-state index in [1.54, 1.807) is 48.5 Å². The molecule has 0 saturated heterocycles. The lowest BCUT2D eigenvalue weighted by Crippen LogP contribution is -2.32. The summed E-state index contributed by atoms with van der Waals surface area (Å²) >= 11 is 0. The molecular weight excluding hydrogens is 344 g/mol. The third-order valence-electron chi connectivity index (χ3n) is 4.35. The first-order valence-corrected chi connectivity index (χ1v) is 9.08. The smallest absolute Gasteiger partial charge is 0.261 e. The zero-order valence-electron chi connectivity index (χ0n) is 15.2. The summed E-state index contributed by atoms with van der Waals surface area (Å²) in [6.07, 6.45) is 2.11. The first-order valence-electron chi connectivity index (χ1n) is 9.08. The van der Waals surface area contributed by atoms with Crippen molar-refractivity contribution in [3.8, 4) is 5.75 Å². The van der Waals surface area contributed by atoms with Crippen LogP contribution in [0.3, 0.4) is 0 Å². The largest absolute Gasteiger partial charge is 0.494 e. The van der Waals surface area contributed by atoms with Gasteiger partial charge in [-0.2, -0.15) is 0 Å². The van der Waals surface area contributed by atoms with Crippen LogP contribution < -0.4 is 10.1 Å². The van der Waals surface area contributed by atoms with Crippen LogP contribution in [-0.2, 0) is 4.79 Å². The van der Waals surface area contributed by atoms with Crippen molar-refractivity contribution in [3.05, 3.63) is 59.7 Å². The summed E-state index contributed by atoms with van der Waals surface area (Å²) in [5.74, 6) is -0.201. The van der Waals surface area contributed by atoms with Gasteiger partial charge in [0.15, 0.2) is 0 Å². The summed E-state index contributed by atoms with van der Waals surface area (Å²) in [7, 11) is 0. The predicted octanol–water partition coefficient (Wildman–Crippen LogP) is 3.49. The van der Waals surface area contributed by atoms with Crippen LogP contribution in [-0.4, -0.2) is 35.8 Å². The SMILES string of the molecule is CCCCOc1ccc(NC(=O)CCN2C(=O)c3ccccc3C2=O)cc1. The van der Waals surface area contributed by atoms with Gasteiger partial charge in [0.25, 0.3) is 11.8 Å². The van der Waals surface area contributed by atoms with Gasteiger partial charge in [0.05, 0.1) is 17.7 Å². The van der Waals surface area contributed by atoms with E-state index in [1.807, 2.05) is 0 Å². The van der Waals surface area contributed by atoms with E-state index >= 15 is 0 Å². The number of ether oxygens (including phenoxy) is 1. The number of nitrogens with zero attached hydrogens (tertiary/aromatic N) is 1. The zero-order chi connectivity index (χ0) is 19.2. The van der Waals surface area contributed by atoms with Crippen LogP contribution in [0, 0.1) is 0 Å². The lowest BCUT2D eigenvalue weighted by atomic mass is 10.1. The van der Waals surface area contributed by atoms with Crippen LogP contribution >= 0.6 is 0 Å². The van der Waals surface area contributed by atoms with Crippen molar-refractivity contribution in [1.82, 2.24) is 4.90 Å². The monoisotopic (exact) mass is 366 g/mol. The van der Waals surface area contributed by atoms with Crippen molar-refractivity contribution in [2.24, 2.45) is 0 Å². The summed E-state index contributed by atoms with van der Waals surface area (Å²) in [5.41, 5.74) is 1.42. The van der Waals surface area contributed by atoms with Crippen molar-refractivity contribution < 1.29 is 19.1 Å². The molecule has 1 aliphatic heterocycles.